The molecular weight excluding hydrogens is 394 g/mol. The number of hydrogen-bond donors (Lipinski definition) is 2. The number of para-hydroxylation sites is 1. The molecule has 2 aromatic heterocycles. The van der Waals surface area contributed by atoms with Crippen molar-refractivity contribution in [1.29, 1.82) is 0 Å². The largest absolute Gasteiger partial charge is 0.497 e. The van der Waals surface area contributed by atoms with Gasteiger partial charge >= 0.3 is 0 Å². The molecule has 0 fully saturated rings. The van der Waals surface area contributed by atoms with E-state index in [2.05, 4.69) is 15.4 Å². The van der Waals surface area contributed by atoms with Gasteiger partial charge in [0.05, 0.1) is 42.3 Å². The number of pyridine rings is 1. The molecule has 0 atom stereocenters. The van der Waals surface area contributed by atoms with Crippen LogP contribution >= 0.6 is 0 Å². The Labute approximate surface area is 178 Å². The van der Waals surface area contributed by atoms with Crippen LogP contribution < -0.4 is 15.8 Å². The first kappa shape index (κ1) is 20.1. The highest BCUT2D eigenvalue weighted by molar-refractivity contribution is 6.13. The van der Waals surface area contributed by atoms with E-state index in [1.165, 1.54) is 6.07 Å². The molecule has 0 bridgehead atoms. The summed E-state index contributed by atoms with van der Waals surface area (Å²) in [6.07, 6.45) is 1.61. The van der Waals surface area contributed by atoms with Gasteiger partial charge in [-0.25, -0.2) is 4.98 Å². The van der Waals surface area contributed by atoms with Crippen molar-refractivity contribution in [3.63, 3.8) is 0 Å². The molecule has 3 N–H and O–H groups in total. The van der Waals surface area contributed by atoms with Gasteiger partial charge < -0.3 is 15.8 Å². The summed E-state index contributed by atoms with van der Waals surface area (Å²) in [6, 6.07) is 16.2. The lowest BCUT2D eigenvalue weighted by atomic mass is 10.1. The summed E-state index contributed by atoms with van der Waals surface area (Å²) >= 11 is 0. The molecule has 2 amide bonds. The fraction of sp³-hybridized carbons (Fsp3) is 0.130. The molecule has 4 rings (SSSR count). The number of anilines is 1. The minimum absolute atomic E-state index is 0.0378. The average Bonchev–Trinajstić information content (AvgIpc) is 3.12. The lowest BCUT2D eigenvalue weighted by Gasteiger charge is -2.10. The Balaban J connectivity index is 1.60. The normalized spacial score (nSPS) is 10.8. The first-order chi connectivity index (χ1) is 15.0. The number of aromatic nitrogens is 3. The van der Waals surface area contributed by atoms with Crippen LogP contribution in [-0.2, 0) is 6.54 Å². The number of rotatable bonds is 6. The van der Waals surface area contributed by atoms with Crippen molar-refractivity contribution in [2.45, 2.75) is 13.5 Å². The first-order valence-electron chi connectivity index (χ1n) is 9.62. The van der Waals surface area contributed by atoms with Crippen LogP contribution in [0.25, 0.3) is 10.9 Å². The van der Waals surface area contributed by atoms with E-state index in [4.69, 9.17) is 10.5 Å². The van der Waals surface area contributed by atoms with E-state index in [1.54, 1.807) is 36.2 Å². The van der Waals surface area contributed by atoms with Crippen molar-refractivity contribution in [2.24, 2.45) is 5.73 Å². The molecule has 8 nitrogen and oxygen atoms in total. The Kier molecular flexibility index (Phi) is 5.36. The number of hydrogen-bond acceptors (Lipinski definition) is 5. The highest BCUT2D eigenvalue weighted by Crippen LogP contribution is 2.22. The van der Waals surface area contributed by atoms with Crippen LogP contribution in [0.4, 0.5) is 5.69 Å². The molecular formula is C23H21N5O3. The van der Waals surface area contributed by atoms with Gasteiger partial charge in [0.2, 0.25) is 0 Å². The van der Waals surface area contributed by atoms with Gasteiger partial charge in [-0.15, -0.1) is 0 Å². The third kappa shape index (κ3) is 4.09. The number of benzene rings is 2. The SMILES string of the molecule is COc1ccc(Cn2ncc(NC(=O)c3cc(C(N)=O)nc4ccccc34)c2C)cc1. The van der Waals surface area contributed by atoms with Crippen LogP contribution in [0.2, 0.25) is 0 Å². The number of nitrogens with two attached hydrogens (primary N) is 1. The first-order valence-corrected chi connectivity index (χ1v) is 9.62. The predicted molar refractivity (Wildman–Crippen MR) is 117 cm³/mol. The van der Waals surface area contributed by atoms with Gasteiger partial charge in [-0.2, -0.15) is 5.10 Å². The van der Waals surface area contributed by atoms with Crippen LogP contribution in [0, 0.1) is 6.92 Å². The summed E-state index contributed by atoms with van der Waals surface area (Å²) in [6.45, 7) is 2.43. The third-order valence-electron chi connectivity index (χ3n) is 5.06. The highest BCUT2D eigenvalue weighted by atomic mass is 16.5. The molecule has 0 aliphatic heterocycles. The number of nitrogens with one attached hydrogen (secondary N) is 1. The molecule has 2 heterocycles. The van der Waals surface area contributed by atoms with E-state index in [9.17, 15) is 9.59 Å². The summed E-state index contributed by atoms with van der Waals surface area (Å²) in [5.74, 6) is -0.273. The van der Waals surface area contributed by atoms with Gasteiger partial charge in [-0.1, -0.05) is 30.3 Å². The number of nitrogens with zero attached hydrogens (tertiary/aromatic N) is 3. The molecule has 0 radical (unpaired) electrons. The molecule has 0 saturated carbocycles. The number of primary amides is 1. The van der Waals surface area contributed by atoms with Gasteiger partial charge in [0, 0.05) is 5.39 Å². The lowest BCUT2D eigenvalue weighted by molar-refractivity contribution is 0.0996. The van der Waals surface area contributed by atoms with Gasteiger partial charge in [0.15, 0.2) is 0 Å². The number of fused-ring (bicyclic) bond motifs is 1. The molecule has 0 spiro atoms. The maximum Gasteiger partial charge on any atom is 0.267 e. The minimum atomic E-state index is -0.691. The zero-order valence-corrected chi connectivity index (χ0v) is 17.1. The number of amides is 2. The van der Waals surface area contributed by atoms with Crippen molar-refractivity contribution in [3.05, 3.63) is 83.3 Å². The number of ether oxygens (including phenoxy) is 1. The van der Waals surface area contributed by atoms with E-state index in [0.717, 1.165) is 17.0 Å². The Morgan fingerprint density at radius 2 is 1.87 bits per heavy atom. The molecule has 0 saturated heterocycles. The van der Waals surface area contributed by atoms with E-state index < -0.39 is 5.91 Å². The Bertz CT molecular complexity index is 1280. The minimum Gasteiger partial charge on any atom is -0.497 e. The quantitative estimate of drug-likeness (QED) is 0.502. The smallest absolute Gasteiger partial charge is 0.267 e. The van der Waals surface area contributed by atoms with Crippen molar-refractivity contribution in [3.8, 4) is 5.75 Å². The van der Waals surface area contributed by atoms with Crippen molar-refractivity contribution in [2.75, 3.05) is 12.4 Å². The maximum absolute atomic E-state index is 13.1. The fourth-order valence-corrected chi connectivity index (χ4v) is 3.31. The second-order valence-corrected chi connectivity index (χ2v) is 7.04. The van der Waals surface area contributed by atoms with E-state index in [-0.39, 0.29) is 11.6 Å². The zero-order chi connectivity index (χ0) is 22.0. The average molecular weight is 415 g/mol. The topological polar surface area (TPSA) is 112 Å². The monoisotopic (exact) mass is 415 g/mol. The van der Waals surface area contributed by atoms with Gasteiger partial charge in [-0.3, -0.25) is 14.3 Å². The molecule has 31 heavy (non-hydrogen) atoms. The number of carbonyl (C=O) groups excluding carboxylic acids is 2. The molecule has 8 heteroatoms. The van der Waals surface area contributed by atoms with Crippen LogP contribution in [0.3, 0.4) is 0 Å². The van der Waals surface area contributed by atoms with Crippen molar-refractivity contribution < 1.29 is 14.3 Å². The Morgan fingerprint density at radius 3 is 2.58 bits per heavy atom. The van der Waals surface area contributed by atoms with Crippen LogP contribution in [0.15, 0.2) is 60.8 Å². The van der Waals surface area contributed by atoms with E-state index in [0.29, 0.717) is 28.7 Å². The maximum atomic E-state index is 13.1. The Morgan fingerprint density at radius 1 is 1.13 bits per heavy atom. The second-order valence-electron chi connectivity index (χ2n) is 7.04. The molecule has 0 aliphatic carbocycles. The van der Waals surface area contributed by atoms with Crippen LogP contribution in [-0.4, -0.2) is 33.7 Å². The summed E-state index contributed by atoms with van der Waals surface area (Å²) in [5.41, 5.74) is 8.71. The van der Waals surface area contributed by atoms with E-state index >= 15 is 0 Å². The van der Waals surface area contributed by atoms with Crippen molar-refractivity contribution >= 4 is 28.4 Å². The van der Waals surface area contributed by atoms with Crippen LogP contribution in [0.1, 0.15) is 32.1 Å². The van der Waals surface area contributed by atoms with Crippen LogP contribution in [0.5, 0.6) is 5.75 Å². The molecule has 0 unspecified atom stereocenters. The number of methoxy groups -OCH3 is 1. The number of carbonyl (C=O) groups is 2. The van der Waals surface area contributed by atoms with Gasteiger partial charge in [-0.05, 0) is 36.8 Å². The molecule has 156 valence electrons. The standard InChI is InChI=1S/C23H21N5O3/c1-14-21(12-25-28(14)13-15-7-9-16(31-2)10-8-15)27-23(30)18-11-20(22(24)29)26-19-6-4-3-5-17(18)19/h3-12H,13H2,1-2H3,(H2,24,29)(H,27,30). The zero-order valence-electron chi connectivity index (χ0n) is 17.1. The molecule has 2 aromatic carbocycles. The molecule has 0 aliphatic rings. The molecule has 4 aromatic rings. The highest BCUT2D eigenvalue weighted by Gasteiger charge is 2.17. The van der Waals surface area contributed by atoms with Crippen molar-refractivity contribution in [1.82, 2.24) is 14.8 Å². The lowest BCUT2D eigenvalue weighted by Crippen LogP contribution is -2.18. The van der Waals surface area contributed by atoms with Gasteiger partial charge in [0.1, 0.15) is 11.4 Å². The summed E-state index contributed by atoms with van der Waals surface area (Å²) in [5, 5.41) is 7.91. The summed E-state index contributed by atoms with van der Waals surface area (Å²) in [7, 11) is 1.63. The summed E-state index contributed by atoms with van der Waals surface area (Å²) < 4.78 is 6.99. The predicted octanol–water partition coefficient (Wildman–Crippen LogP) is 3.15. The van der Waals surface area contributed by atoms with E-state index in [1.807, 2.05) is 37.3 Å². The second kappa shape index (κ2) is 8.27. The third-order valence-corrected chi connectivity index (χ3v) is 5.06. The van der Waals surface area contributed by atoms with Gasteiger partial charge in [0.25, 0.3) is 11.8 Å². The Hall–Kier alpha value is -4.20. The fourth-order valence-electron chi connectivity index (χ4n) is 3.31. The summed E-state index contributed by atoms with van der Waals surface area (Å²) in [4.78, 5) is 28.9.